The lowest BCUT2D eigenvalue weighted by Gasteiger charge is -2.32. The molecule has 3 aromatic rings. The third-order valence-electron chi connectivity index (χ3n) is 5.41. The fraction of sp³-hybridized carbons (Fsp3) is 0.360. The highest BCUT2D eigenvalue weighted by atomic mass is 16.5. The molecule has 3 rings (SSSR count). The van der Waals surface area contributed by atoms with Crippen LogP contribution in [-0.4, -0.2) is 39.6 Å². The van der Waals surface area contributed by atoms with Gasteiger partial charge in [-0.2, -0.15) is 0 Å². The number of ether oxygens (including phenoxy) is 1. The first-order valence-electron chi connectivity index (χ1n) is 11.2. The van der Waals surface area contributed by atoms with Gasteiger partial charge in [-0.05, 0) is 38.0 Å². The molecule has 1 aromatic heterocycles. The van der Waals surface area contributed by atoms with Crippen LogP contribution < -0.4 is 10.9 Å². The van der Waals surface area contributed by atoms with E-state index >= 15 is 0 Å². The minimum atomic E-state index is -0.507. The fourth-order valence-electron chi connectivity index (χ4n) is 3.85. The molecule has 174 valence electrons. The zero-order valence-electron chi connectivity index (χ0n) is 19.3. The van der Waals surface area contributed by atoms with Crippen molar-refractivity contribution in [1.29, 1.82) is 0 Å². The number of benzene rings is 2. The monoisotopic (exact) mass is 450 g/mol. The molecule has 0 aliphatic heterocycles. The van der Waals surface area contributed by atoms with Gasteiger partial charge in [-0.3, -0.25) is 14.2 Å². The van der Waals surface area contributed by atoms with Gasteiger partial charge >= 0.3 is 12.0 Å². The highest BCUT2D eigenvalue weighted by Crippen LogP contribution is 2.26. The fourth-order valence-corrected chi connectivity index (χ4v) is 3.85. The number of hydrogen-bond acceptors (Lipinski definition) is 5. The normalized spacial score (nSPS) is 11.7. The Morgan fingerprint density at radius 2 is 1.76 bits per heavy atom. The number of nitrogens with one attached hydrogen (secondary N) is 1. The highest BCUT2D eigenvalue weighted by Gasteiger charge is 2.29. The number of aromatic nitrogens is 2. The van der Waals surface area contributed by atoms with Gasteiger partial charge in [0.1, 0.15) is 12.4 Å². The molecule has 8 heteroatoms. The Kier molecular flexibility index (Phi) is 8.18. The lowest BCUT2D eigenvalue weighted by atomic mass is 10.1. The number of urea groups is 1. The SMILES string of the molecule is CCOC(=O)CNC(=O)N(Cc1ccccc1)C(CC)c1nc2ccccc2c(=O)n1CC. The van der Waals surface area contributed by atoms with Gasteiger partial charge in [0.15, 0.2) is 0 Å². The number of para-hydroxylation sites is 1. The minimum absolute atomic E-state index is 0.136. The van der Waals surface area contributed by atoms with E-state index in [0.29, 0.717) is 36.2 Å². The van der Waals surface area contributed by atoms with Crippen LogP contribution in [0.15, 0.2) is 59.4 Å². The van der Waals surface area contributed by atoms with Gasteiger partial charge in [-0.15, -0.1) is 0 Å². The van der Waals surface area contributed by atoms with E-state index in [1.54, 1.807) is 28.5 Å². The van der Waals surface area contributed by atoms with Crippen LogP contribution in [0.1, 0.15) is 44.6 Å². The Labute approximate surface area is 193 Å². The Hall–Kier alpha value is -3.68. The quantitative estimate of drug-likeness (QED) is 0.503. The van der Waals surface area contributed by atoms with Crippen molar-refractivity contribution in [2.75, 3.05) is 13.2 Å². The summed E-state index contributed by atoms with van der Waals surface area (Å²) in [6.45, 7) is 6.26. The van der Waals surface area contributed by atoms with E-state index in [2.05, 4.69) is 5.32 Å². The summed E-state index contributed by atoms with van der Waals surface area (Å²) in [4.78, 5) is 44.7. The van der Waals surface area contributed by atoms with Crippen LogP contribution >= 0.6 is 0 Å². The molecular weight excluding hydrogens is 420 g/mol. The van der Waals surface area contributed by atoms with Crippen LogP contribution in [0.4, 0.5) is 4.79 Å². The van der Waals surface area contributed by atoms with Crippen molar-refractivity contribution < 1.29 is 14.3 Å². The van der Waals surface area contributed by atoms with Crippen molar-refractivity contribution in [2.45, 2.75) is 46.3 Å². The molecule has 0 fully saturated rings. The van der Waals surface area contributed by atoms with Gasteiger partial charge in [0.25, 0.3) is 5.56 Å². The van der Waals surface area contributed by atoms with Gasteiger partial charge in [0.05, 0.1) is 23.6 Å². The summed E-state index contributed by atoms with van der Waals surface area (Å²) in [5.41, 5.74) is 1.38. The molecule has 0 aliphatic carbocycles. The zero-order chi connectivity index (χ0) is 23.8. The molecule has 0 saturated carbocycles. The van der Waals surface area contributed by atoms with E-state index in [-0.39, 0.29) is 18.7 Å². The molecule has 1 N–H and O–H groups in total. The molecule has 1 heterocycles. The number of esters is 1. The topological polar surface area (TPSA) is 93.5 Å². The van der Waals surface area contributed by atoms with Crippen LogP contribution in [0.3, 0.4) is 0 Å². The second-order valence-corrected chi connectivity index (χ2v) is 7.54. The number of amides is 2. The second kappa shape index (κ2) is 11.3. The van der Waals surface area contributed by atoms with Crippen molar-refractivity contribution in [3.63, 3.8) is 0 Å². The first kappa shape index (κ1) is 24.0. The molecule has 33 heavy (non-hydrogen) atoms. The van der Waals surface area contributed by atoms with Crippen LogP contribution in [0.5, 0.6) is 0 Å². The molecule has 0 aliphatic rings. The number of fused-ring (bicyclic) bond motifs is 1. The minimum Gasteiger partial charge on any atom is -0.465 e. The predicted molar refractivity (Wildman–Crippen MR) is 127 cm³/mol. The zero-order valence-corrected chi connectivity index (χ0v) is 19.3. The molecule has 2 amide bonds. The molecule has 0 spiro atoms. The summed E-state index contributed by atoms with van der Waals surface area (Å²) in [5, 5.41) is 3.20. The van der Waals surface area contributed by atoms with Crippen molar-refractivity contribution >= 4 is 22.9 Å². The maximum Gasteiger partial charge on any atom is 0.325 e. The maximum atomic E-state index is 13.3. The molecule has 0 radical (unpaired) electrons. The van der Waals surface area contributed by atoms with E-state index in [4.69, 9.17) is 9.72 Å². The van der Waals surface area contributed by atoms with Gasteiger partial charge in [0, 0.05) is 13.1 Å². The summed E-state index contributed by atoms with van der Waals surface area (Å²) >= 11 is 0. The number of carbonyl (C=O) groups is 2. The number of nitrogens with zero attached hydrogens (tertiary/aromatic N) is 3. The average molecular weight is 451 g/mol. The van der Waals surface area contributed by atoms with Crippen LogP contribution in [-0.2, 0) is 22.6 Å². The van der Waals surface area contributed by atoms with Gasteiger partial charge < -0.3 is 15.0 Å². The van der Waals surface area contributed by atoms with Crippen molar-refractivity contribution in [3.05, 3.63) is 76.3 Å². The van der Waals surface area contributed by atoms with Gasteiger partial charge in [-0.25, -0.2) is 9.78 Å². The Morgan fingerprint density at radius 1 is 1.06 bits per heavy atom. The summed E-state index contributed by atoms with van der Waals surface area (Å²) < 4.78 is 6.55. The molecular formula is C25H30N4O4. The van der Waals surface area contributed by atoms with E-state index in [0.717, 1.165) is 5.56 Å². The van der Waals surface area contributed by atoms with Crippen molar-refractivity contribution in [1.82, 2.24) is 19.8 Å². The molecule has 2 aromatic carbocycles. The standard InChI is InChI=1S/C25H30N4O4/c1-4-21(23-27-20-15-11-10-14-19(20)24(31)28(23)5-2)29(17-18-12-8-7-9-13-18)25(32)26-16-22(30)33-6-3/h7-15,21H,4-6,16-17H2,1-3H3,(H,26,32). The van der Waals surface area contributed by atoms with Gasteiger partial charge in [0.2, 0.25) is 0 Å². The molecule has 1 atom stereocenters. The Balaban J connectivity index is 2.04. The van der Waals surface area contributed by atoms with E-state index in [9.17, 15) is 14.4 Å². The maximum absolute atomic E-state index is 13.3. The van der Waals surface area contributed by atoms with Crippen LogP contribution in [0.25, 0.3) is 10.9 Å². The third-order valence-corrected chi connectivity index (χ3v) is 5.41. The first-order chi connectivity index (χ1) is 16.0. The van der Waals surface area contributed by atoms with E-state index < -0.39 is 18.0 Å². The largest absolute Gasteiger partial charge is 0.465 e. The van der Waals surface area contributed by atoms with Crippen LogP contribution in [0.2, 0.25) is 0 Å². The summed E-state index contributed by atoms with van der Waals surface area (Å²) in [5.74, 6) is 0.0128. The Morgan fingerprint density at radius 3 is 2.42 bits per heavy atom. The van der Waals surface area contributed by atoms with Crippen molar-refractivity contribution in [3.8, 4) is 0 Å². The number of carbonyl (C=O) groups excluding carboxylic acids is 2. The van der Waals surface area contributed by atoms with Crippen molar-refractivity contribution in [2.24, 2.45) is 0 Å². The molecule has 8 nitrogen and oxygen atoms in total. The molecule has 0 saturated heterocycles. The highest BCUT2D eigenvalue weighted by molar-refractivity contribution is 5.81. The molecule has 1 unspecified atom stereocenters. The van der Waals surface area contributed by atoms with E-state index in [1.807, 2.05) is 56.3 Å². The molecule has 0 bridgehead atoms. The second-order valence-electron chi connectivity index (χ2n) is 7.54. The number of hydrogen-bond donors (Lipinski definition) is 1. The Bertz CT molecular complexity index is 1160. The summed E-state index contributed by atoms with van der Waals surface area (Å²) in [6, 6.07) is 15.9. The average Bonchev–Trinajstić information content (AvgIpc) is 2.83. The van der Waals surface area contributed by atoms with Crippen LogP contribution in [0, 0.1) is 0 Å². The summed E-state index contributed by atoms with van der Waals surface area (Å²) in [7, 11) is 0. The predicted octanol–water partition coefficient (Wildman–Crippen LogP) is 3.64. The first-order valence-corrected chi connectivity index (χ1v) is 11.2. The summed E-state index contributed by atoms with van der Waals surface area (Å²) in [6.07, 6.45) is 0.532. The number of rotatable bonds is 9. The lowest BCUT2D eigenvalue weighted by molar-refractivity contribution is -0.141. The van der Waals surface area contributed by atoms with Gasteiger partial charge in [-0.1, -0.05) is 49.4 Å². The van der Waals surface area contributed by atoms with E-state index in [1.165, 1.54) is 0 Å². The smallest absolute Gasteiger partial charge is 0.325 e. The third kappa shape index (κ3) is 5.58. The lowest BCUT2D eigenvalue weighted by Crippen LogP contribution is -2.45.